The first-order chi connectivity index (χ1) is 12.8. The zero-order valence-electron chi connectivity index (χ0n) is 16.7. The summed E-state index contributed by atoms with van der Waals surface area (Å²) in [6, 6.07) is 7.82. The lowest BCUT2D eigenvalue weighted by atomic mass is 9.96. The third-order valence-electron chi connectivity index (χ3n) is 4.88. The first-order valence-corrected chi connectivity index (χ1v) is 9.66. The van der Waals surface area contributed by atoms with Gasteiger partial charge in [-0.15, -0.1) is 0 Å². The highest BCUT2D eigenvalue weighted by Crippen LogP contribution is 2.33. The number of rotatable bonds is 8. The Balaban J connectivity index is 1.97. The largest absolute Gasteiger partial charge is 0.455 e. The van der Waals surface area contributed by atoms with Gasteiger partial charge in [-0.05, 0) is 29.9 Å². The minimum atomic E-state index is -0.541. The van der Waals surface area contributed by atoms with Gasteiger partial charge < -0.3 is 15.0 Å². The maximum atomic E-state index is 12.5. The standard InChI is InChI=1S/C21H30N2O4/c1-5-15(4)17-8-6-7-9-18(17)23-12-16(10-20(23)25)21(26)27-13-19(24)22-11-14(2)3/h6-9,14-16H,5,10-13H2,1-4H3,(H,22,24)/t15-,16-/m0/s1. The summed E-state index contributed by atoms with van der Waals surface area (Å²) in [7, 11) is 0. The van der Waals surface area contributed by atoms with Gasteiger partial charge in [0.15, 0.2) is 6.61 Å². The van der Waals surface area contributed by atoms with Crippen LogP contribution >= 0.6 is 0 Å². The van der Waals surface area contributed by atoms with E-state index >= 15 is 0 Å². The highest BCUT2D eigenvalue weighted by Gasteiger charge is 2.37. The van der Waals surface area contributed by atoms with Gasteiger partial charge in [0, 0.05) is 25.2 Å². The Bertz CT molecular complexity index is 687. The second kappa shape index (κ2) is 9.53. The molecule has 0 radical (unpaired) electrons. The average molecular weight is 374 g/mol. The molecule has 1 aliphatic rings. The highest BCUT2D eigenvalue weighted by atomic mass is 16.5. The van der Waals surface area contributed by atoms with Crippen LogP contribution in [0.3, 0.4) is 0 Å². The van der Waals surface area contributed by atoms with Crippen molar-refractivity contribution in [2.75, 3.05) is 24.6 Å². The van der Waals surface area contributed by atoms with Crippen molar-refractivity contribution in [2.45, 2.75) is 46.5 Å². The van der Waals surface area contributed by atoms with Gasteiger partial charge in [0.05, 0.1) is 5.92 Å². The lowest BCUT2D eigenvalue weighted by Crippen LogP contribution is -2.33. The Hall–Kier alpha value is -2.37. The summed E-state index contributed by atoms with van der Waals surface area (Å²) in [4.78, 5) is 38.2. The lowest BCUT2D eigenvalue weighted by Gasteiger charge is -2.23. The molecule has 1 aromatic carbocycles. The van der Waals surface area contributed by atoms with Crippen LogP contribution in [-0.2, 0) is 19.1 Å². The van der Waals surface area contributed by atoms with Crippen LogP contribution in [0.4, 0.5) is 5.69 Å². The molecule has 2 rings (SSSR count). The molecule has 0 bridgehead atoms. The molecule has 2 amide bonds. The zero-order valence-corrected chi connectivity index (χ0v) is 16.7. The fourth-order valence-corrected chi connectivity index (χ4v) is 3.09. The second-order valence-electron chi connectivity index (χ2n) is 7.58. The third-order valence-corrected chi connectivity index (χ3v) is 4.88. The summed E-state index contributed by atoms with van der Waals surface area (Å²) in [5.74, 6) is -0.787. The molecule has 0 aliphatic carbocycles. The average Bonchev–Trinajstić information content (AvgIpc) is 3.05. The number of carbonyl (C=O) groups is 3. The maximum Gasteiger partial charge on any atom is 0.311 e. The number of nitrogens with zero attached hydrogens (tertiary/aromatic N) is 1. The molecule has 27 heavy (non-hydrogen) atoms. The van der Waals surface area contributed by atoms with Crippen molar-refractivity contribution in [1.82, 2.24) is 5.32 Å². The topological polar surface area (TPSA) is 75.7 Å². The van der Waals surface area contributed by atoms with Gasteiger partial charge in [0.2, 0.25) is 5.91 Å². The monoisotopic (exact) mass is 374 g/mol. The zero-order chi connectivity index (χ0) is 20.0. The minimum absolute atomic E-state index is 0.0861. The van der Waals surface area contributed by atoms with E-state index in [2.05, 4.69) is 19.2 Å². The number of amides is 2. The van der Waals surface area contributed by atoms with Gasteiger partial charge in [-0.2, -0.15) is 0 Å². The van der Waals surface area contributed by atoms with Crippen LogP contribution < -0.4 is 10.2 Å². The lowest BCUT2D eigenvalue weighted by molar-refractivity contribution is -0.152. The van der Waals surface area contributed by atoms with E-state index in [-0.39, 0.29) is 24.8 Å². The van der Waals surface area contributed by atoms with Gasteiger partial charge in [0.25, 0.3) is 5.91 Å². The van der Waals surface area contributed by atoms with Crippen molar-refractivity contribution in [2.24, 2.45) is 11.8 Å². The maximum absolute atomic E-state index is 12.5. The van der Waals surface area contributed by atoms with Gasteiger partial charge in [0.1, 0.15) is 0 Å². The van der Waals surface area contributed by atoms with Gasteiger partial charge >= 0.3 is 5.97 Å². The molecule has 6 nitrogen and oxygen atoms in total. The molecule has 6 heteroatoms. The SMILES string of the molecule is CC[C@H](C)c1ccccc1N1C[C@@H](C(=O)OCC(=O)NCC(C)C)CC1=O. The van der Waals surface area contributed by atoms with Crippen LogP contribution in [0, 0.1) is 11.8 Å². The Morgan fingerprint density at radius 3 is 2.63 bits per heavy atom. The summed E-state index contributed by atoms with van der Waals surface area (Å²) in [6.45, 7) is 8.74. The summed E-state index contributed by atoms with van der Waals surface area (Å²) in [5.41, 5.74) is 1.97. The number of ether oxygens (including phenoxy) is 1. The number of hydrogen-bond donors (Lipinski definition) is 1. The molecule has 1 saturated heterocycles. The Labute approximate surface area is 161 Å². The van der Waals surface area contributed by atoms with Gasteiger partial charge in [-0.3, -0.25) is 14.4 Å². The molecule has 1 fully saturated rings. The fourth-order valence-electron chi connectivity index (χ4n) is 3.09. The quantitative estimate of drug-likeness (QED) is 0.710. The number of anilines is 1. The number of hydrogen-bond acceptors (Lipinski definition) is 4. The highest BCUT2D eigenvalue weighted by molar-refractivity contribution is 6.00. The molecule has 0 spiro atoms. The molecule has 1 aliphatic heterocycles. The van der Waals surface area contributed by atoms with Crippen molar-refractivity contribution in [3.63, 3.8) is 0 Å². The van der Waals surface area contributed by atoms with Crippen molar-refractivity contribution < 1.29 is 19.1 Å². The number of benzene rings is 1. The Morgan fingerprint density at radius 2 is 1.96 bits per heavy atom. The van der Waals surface area contributed by atoms with E-state index in [1.165, 1.54) is 0 Å². The molecule has 1 N–H and O–H groups in total. The first kappa shape index (κ1) is 20.9. The van der Waals surface area contributed by atoms with Crippen LogP contribution in [0.1, 0.15) is 52.0 Å². The third kappa shape index (κ3) is 5.55. The van der Waals surface area contributed by atoms with E-state index in [9.17, 15) is 14.4 Å². The number of esters is 1. The van der Waals surface area contributed by atoms with E-state index in [0.29, 0.717) is 24.9 Å². The number of carbonyl (C=O) groups excluding carboxylic acids is 3. The van der Waals surface area contributed by atoms with Crippen molar-refractivity contribution in [3.05, 3.63) is 29.8 Å². The van der Waals surface area contributed by atoms with Crippen LogP contribution in [0.2, 0.25) is 0 Å². The van der Waals surface area contributed by atoms with Crippen LogP contribution in [0.5, 0.6) is 0 Å². The molecule has 0 unspecified atom stereocenters. The summed E-state index contributed by atoms with van der Waals surface area (Å²) in [5, 5.41) is 2.70. The molecule has 2 atom stereocenters. The summed E-state index contributed by atoms with van der Waals surface area (Å²) < 4.78 is 5.12. The second-order valence-corrected chi connectivity index (χ2v) is 7.58. The van der Waals surface area contributed by atoms with Crippen LogP contribution in [0.15, 0.2) is 24.3 Å². The van der Waals surface area contributed by atoms with E-state index in [1.807, 2.05) is 38.1 Å². The van der Waals surface area contributed by atoms with E-state index in [4.69, 9.17) is 4.74 Å². The van der Waals surface area contributed by atoms with Gasteiger partial charge in [-0.1, -0.05) is 45.9 Å². The minimum Gasteiger partial charge on any atom is -0.455 e. The first-order valence-electron chi connectivity index (χ1n) is 9.66. The Kier molecular flexibility index (Phi) is 7.39. The van der Waals surface area contributed by atoms with Crippen LogP contribution in [-0.4, -0.2) is 37.5 Å². The van der Waals surface area contributed by atoms with Crippen molar-refractivity contribution >= 4 is 23.5 Å². The van der Waals surface area contributed by atoms with Crippen LogP contribution in [0.25, 0.3) is 0 Å². The molecule has 0 saturated carbocycles. The van der Waals surface area contributed by atoms with Crippen molar-refractivity contribution in [1.29, 1.82) is 0 Å². The fraction of sp³-hybridized carbons (Fsp3) is 0.571. The summed E-state index contributed by atoms with van der Waals surface area (Å²) >= 11 is 0. The molecule has 148 valence electrons. The Morgan fingerprint density at radius 1 is 1.26 bits per heavy atom. The van der Waals surface area contributed by atoms with Crippen molar-refractivity contribution in [3.8, 4) is 0 Å². The molecule has 1 aromatic rings. The van der Waals surface area contributed by atoms with E-state index < -0.39 is 11.9 Å². The molecule has 0 aromatic heterocycles. The normalized spacial score (nSPS) is 17.9. The number of para-hydroxylation sites is 1. The molecular formula is C21H30N2O4. The molecular weight excluding hydrogens is 344 g/mol. The predicted octanol–water partition coefficient (Wildman–Crippen LogP) is 2.87. The molecule has 1 heterocycles. The summed E-state index contributed by atoms with van der Waals surface area (Å²) in [6.07, 6.45) is 1.08. The number of nitrogens with one attached hydrogen (secondary N) is 1. The van der Waals surface area contributed by atoms with E-state index in [1.54, 1.807) is 4.90 Å². The predicted molar refractivity (Wildman–Crippen MR) is 104 cm³/mol. The van der Waals surface area contributed by atoms with Gasteiger partial charge in [-0.25, -0.2) is 0 Å². The smallest absolute Gasteiger partial charge is 0.311 e. The van der Waals surface area contributed by atoms with E-state index in [0.717, 1.165) is 17.7 Å².